The number of nitrogens with zero attached hydrogens (tertiary/aromatic N) is 1. The number of carbonyl (C=O) groups is 2. The number of ketones is 1. The Bertz CT molecular complexity index is 960. The van der Waals surface area contributed by atoms with Crippen molar-refractivity contribution < 1.29 is 24.2 Å². The molecule has 1 heterocycles. The number of aryl methyl sites for hydroxylation is 1. The fourth-order valence-corrected chi connectivity index (χ4v) is 3.68. The van der Waals surface area contributed by atoms with Crippen molar-refractivity contribution in [2.45, 2.75) is 39.3 Å². The number of hydrogen-bond donors (Lipinski definition) is 1. The third kappa shape index (κ3) is 4.80. The van der Waals surface area contributed by atoms with Crippen LogP contribution in [0, 0.1) is 0 Å². The molecule has 0 aromatic heterocycles. The lowest BCUT2D eigenvalue weighted by atomic mass is 9.95. The second-order valence-corrected chi connectivity index (χ2v) is 7.74. The first-order valence-electron chi connectivity index (χ1n) is 10.5. The number of Topliss-reactive ketones (excluding diaryl/α,β-unsaturated/α-hetero) is 1. The van der Waals surface area contributed by atoms with E-state index in [1.807, 2.05) is 32.9 Å². The molecule has 2 aromatic rings. The molecule has 1 atom stereocenters. The van der Waals surface area contributed by atoms with Crippen molar-refractivity contribution in [1.82, 2.24) is 4.90 Å². The Morgan fingerprint density at radius 3 is 2.26 bits per heavy atom. The first-order valence-corrected chi connectivity index (χ1v) is 10.5. The minimum absolute atomic E-state index is 0.00772. The average Bonchev–Trinajstić information content (AvgIpc) is 3.03. The Morgan fingerprint density at radius 2 is 1.71 bits per heavy atom. The van der Waals surface area contributed by atoms with Crippen LogP contribution in [0.15, 0.2) is 54.1 Å². The lowest BCUT2D eigenvalue weighted by Gasteiger charge is -2.25. The summed E-state index contributed by atoms with van der Waals surface area (Å²) in [6.45, 7) is 6.40. The van der Waals surface area contributed by atoms with Crippen LogP contribution < -0.4 is 4.74 Å². The first kappa shape index (κ1) is 22.6. The van der Waals surface area contributed by atoms with Gasteiger partial charge in [-0.25, -0.2) is 0 Å². The van der Waals surface area contributed by atoms with Crippen LogP contribution in [-0.2, 0) is 20.7 Å². The number of methoxy groups -OCH3 is 1. The summed E-state index contributed by atoms with van der Waals surface area (Å²) >= 11 is 0. The Labute approximate surface area is 183 Å². The zero-order chi connectivity index (χ0) is 22.5. The fourth-order valence-electron chi connectivity index (χ4n) is 3.68. The lowest BCUT2D eigenvalue weighted by molar-refractivity contribution is -0.140. The van der Waals surface area contributed by atoms with Crippen LogP contribution in [0.3, 0.4) is 0 Å². The van der Waals surface area contributed by atoms with Crippen molar-refractivity contribution >= 4 is 17.4 Å². The fraction of sp³-hybridized carbons (Fsp3) is 0.360. The van der Waals surface area contributed by atoms with E-state index in [0.717, 1.165) is 17.5 Å². The molecule has 1 amide bonds. The van der Waals surface area contributed by atoms with E-state index >= 15 is 0 Å². The third-order valence-corrected chi connectivity index (χ3v) is 5.39. The average molecular weight is 424 g/mol. The zero-order valence-electron chi connectivity index (χ0n) is 18.4. The number of likely N-dealkylation sites (tertiary alicyclic amines) is 1. The van der Waals surface area contributed by atoms with Crippen molar-refractivity contribution in [3.05, 3.63) is 70.8 Å². The highest BCUT2D eigenvalue weighted by Gasteiger charge is 2.45. The second kappa shape index (κ2) is 9.79. The van der Waals surface area contributed by atoms with Gasteiger partial charge in [0.25, 0.3) is 11.7 Å². The summed E-state index contributed by atoms with van der Waals surface area (Å²) in [6, 6.07) is 13.8. The number of carbonyl (C=O) groups excluding carboxylic acids is 2. The van der Waals surface area contributed by atoms with Gasteiger partial charge in [0.2, 0.25) is 0 Å². The Hall–Kier alpha value is -3.12. The number of ether oxygens (including phenoxy) is 2. The number of aliphatic hydroxyl groups is 1. The molecule has 1 aliphatic heterocycles. The molecule has 6 heteroatoms. The third-order valence-electron chi connectivity index (χ3n) is 5.39. The van der Waals surface area contributed by atoms with Gasteiger partial charge >= 0.3 is 0 Å². The molecule has 0 aliphatic carbocycles. The van der Waals surface area contributed by atoms with Crippen LogP contribution in [0.2, 0.25) is 0 Å². The predicted octanol–water partition coefficient (Wildman–Crippen LogP) is 4.10. The molecule has 0 radical (unpaired) electrons. The van der Waals surface area contributed by atoms with Gasteiger partial charge in [-0.2, -0.15) is 0 Å². The van der Waals surface area contributed by atoms with Gasteiger partial charge < -0.3 is 19.5 Å². The normalized spacial score (nSPS) is 18.1. The highest BCUT2D eigenvalue weighted by atomic mass is 16.5. The molecule has 0 spiro atoms. The quantitative estimate of drug-likeness (QED) is 0.393. The van der Waals surface area contributed by atoms with Crippen molar-refractivity contribution in [2.75, 3.05) is 20.3 Å². The molecule has 1 aliphatic rings. The Kier molecular flexibility index (Phi) is 7.13. The summed E-state index contributed by atoms with van der Waals surface area (Å²) in [4.78, 5) is 27.3. The van der Waals surface area contributed by atoms with Gasteiger partial charge in [0, 0.05) is 12.1 Å². The van der Waals surface area contributed by atoms with Gasteiger partial charge in [0.1, 0.15) is 11.5 Å². The molecule has 6 nitrogen and oxygen atoms in total. The summed E-state index contributed by atoms with van der Waals surface area (Å²) in [5.41, 5.74) is 2.43. The molecule has 1 unspecified atom stereocenters. The van der Waals surface area contributed by atoms with Crippen molar-refractivity contribution in [1.29, 1.82) is 0 Å². The molecule has 1 fully saturated rings. The standard InChI is InChI=1S/C25H29NO5/c1-5-17-6-8-19(9-7-17)23(27)21-22(18-10-12-20(30-4)13-11-18)26(25(29)24(21)28)14-15-31-16(2)3/h6-13,16,22,27H,5,14-15H2,1-4H3/b23-21-. The second-order valence-electron chi connectivity index (χ2n) is 7.74. The van der Waals surface area contributed by atoms with E-state index < -0.39 is 17.7 Å². The topological polar surface area (TPSA) is 76.1 Å². The van der Waals surface area contributed by atoms with E-state index in [9.17, 15) is 14.7 Å². The zero-order valence-corrected chi connectivity index (χ0v) is 18.4. The minimum Gasteiger partial charge on any atom is -0.507 e. The monoisotopic (exact) mass is 423 g/mol. The molecule has 1 saturated heterocycles. The maximum Gasteiger partial charge on any atom is 0.295 e. The molecule has 31 heavy (non-hydrogen) atoms. The van der Waals surface area contributed by atoms with Gasteiger partial charge in [-0.3, -0.25) is 9.59 Å². The van der Waals surface area contributed by atoms with E-state index in [1.165, 1.54) is 4.90 Å². The van der Waals surface area contributed by atoms with E-state index in [4.69, 9.17) is 9.47 Å². The lowest BCUT2D eigenvalue weighted by Crippen LogP contribution is -2.33. The molecule has 2 aromatic carbocycles. The number of rotatable bonds is 8. The van der Waals surface area contributed by atoms with Gasteiger partial charge in [0.05, 0.1) is 31.4 Å². The first-order chi connectivity index (χ1) is 14.9. The summed E-state index contributed by atoms with van der Waals surface area (Å²) in [5, 5.41) is 11.1. The van der Waals surface area contributed by atoms with Crippen LogP contribution in [-0.4, -0.2) is 48.1 Å². The molecule has 0 saturated carbocycles. The number of amides is 1. The molecular weight excluding hydrogens is 394 g/mol. The number of hydrogen-bond acceptors (Lipinski definition) is 5. The summed E-state index contributed by atoms with van der Waals surface area (Å²) < 4.78 is 10.8. The molecule has 1 N–H and O–H groups in total. The van der Waals surface area contributed by atoms with Gasteiger partial charge in [-0.05, 0) is 43.5 Å². The maximum absolute atomic E-state index is 13.0. The van der Waals surface area contributed by atoms with Gasteiger partial charge in [0.15, 0.2) is 0 Å². The van der Waals surface area contributed by atoms with Crippen LogP contribution in [0.4, 0.5) is 0 Å². The smallest absolute Gasteiger partial charge is 0.295 e. The van der Waals surface area contributed by atoms with E-state index in [1.54, 1.807) is 43.5 Å². The minimum atomic E-state index is -0.701. The SMILES string of the molecule is CCc1ccc(/C(O)=C2/C(=O)C(=O)N(CCOC(C)C)C2c2ccc(OC)cc2)cc1. The van der Waals surface area contributed by atoms with Gasteiger partial charge in [-0.1, -0.05) is 43.3 Å². The van der Waals surface area contributed by atoms with Crippen LogP contribution >= 0.6 is 0 Å². The van der Waals surface area contributed by atoms with Crippen LogP contribution in [0.5, 0.6) is 5.75 Å². The predicted molar refractivity (Wildman–Crippen MR) is 119 cm³/mol. The number of aliphatic hydroxyl groups excluding tert-OH is 1. The summed E-state index contributed by atoms with van der Waals surface area (Å²) in [7, 11) is 1.57. The largest absolute Gasteiger partial charge is 0.507 e. The maximum atomic E-state index is 13.0. The van der Waals surface area contributed by atoms with E-state index in [0.29, 0.717) is 17.9 Å². The highest BCUT2D eigenvalue weighted by molar-refractivity contribution is 6.46. The van der Waals surface area contributed by atoms with Crippen molar-refractivity contribution in [3.63, 3.8) is 0 Å². The Morgan fingerprint density at radius 1 is 1.06 bits per heavy atom. The number of benzene rings is 2. The molecular formula is C25H29NO5. The summed E-state index contributed by atoms with van der Waals surface area (Å²) in [6.07, 6.45) is 0.876. The van der Waals surface area contributed by atoms with Crippen LogP contribution in [0.25, 0.3) is 5.76 Å². The van der Waals surface area contributed by atoms with Gasteiger partial charge in [-0.15, -0.1) is 0 Å². The van der Waals surface area contributed by atoms with Crippen molar-refractivity contribution in [2.24, 2.45) is 0 Å². The van der Waals surface area contributed by atoms with Crippen molar-refractivity contribution in [3.8, 4) is 5.75 Å². The molecule has 3 rings (SSSR count). The highest BCUT2D eigenvalue weighted by Crippen LogP contribution is 2.39. The van der Waals surface area contributed by atoms with E-state index in [2.05, 4.69) is 0 Å². The Balaban J connectivity index is 2.06. The summed E-state index contributed by atoms with van der Waals surface area (Å²) in [5.74, 6) is -0.838. The molecule has 164 valence electrons. The van der Waals surface area contributed by atoms with E-state index in [-0.39, 0.29) is 24.0 Å². The van der Waals surface area contributed by atoms with Crippen LogP contribution in [0.1, 0.15) is 43.5 Å². The molecule has 0 bridgehead atoms.